The molecule has 1 fully saturated rings. The van der Waals surface area contributed by atoms with Gasteiger partial charge in [0.15, 0.2) is 0 Å². The first-order valence-electron chi connectivity index (χ1n) is 8.18. The zero-order valence-electron chi connectivity index (χ0n) is 13.9. The number of hydrogen-bond acceptors (Lipinski definition) is 4. The second kappa shape index (κ2) is 7.36. The van der Waals surface area contributed by atoms with Gasteiger partial charge >= 0.3 is 0 Å². The summed E-state index contributed by atoms with van der Waals surface area (Å²) in [4.78, 5) is 0. The monoisotopic (exact) mass is 294 g/mol. The van der Waals surface area contributed by atoms with Crippen LogP contribution < -0.4 is 5.32 Å². The van der Waals surface area contributed by atoms with E-state index in [2.05, 4.69) is 43.3 Å². The van der Waals surface area contributed by atoms with Gasteiger partial charge in [0.2, 0.25) is 0 Å². The number of ether oxygens (including phenoxy) is 1. The van der Waals surface area contributed by atoms with Gasteiger partial charge in [-0.3, -0.25) is 0 Å². The molecular formula is C16H30N4O. The molecule has 0 aromatic carbocycles. The highest BCUT2D eigenvalue weighted by atomic mass is 16.5. The Kier molecular flexibility index (Phi) is 5.76. The predicted octanol–water partition coefficient (Wildman–Crippen LogP) is 2.76. The Hall–Kier alpha value is -0.940. The smallest absolute Gasteiger partial charge is 0.0965 e. The van der Waals surface area contributed by atoms with Crippen LogP contribution in [0.15, 0.2) is 6.20 Å². The van der Waals surface area contributed by atoms with E-state index in [4.69, 9.17) is 4.74 Å². The van der Waals surface area contributed by atoms with E-state index in [0.29, 0.717) is 6.10 Å². The van der Waals surface area contributed by atoms with Crippen molar-refractivity contribution in [2.45, 2.75) is 78.1 Å². The summed E-state index contributed by atoms with van der Waals surface area (Å²) < 4.78 is 7.86. The van der Waals surface area contributed by atoms with E-state index >= 15 is 0 Å². The molecular weight excluding hydrogens is 264 g/mol. The van der Waals surface area contributed by atoms with Crippen LogP contribution in [0.2, 0.25) is 0 Å². The van der Waals surface area contributed by atoms with Crippen molar-refractivity contribution in [3.05, 3.63) is 11.9 Å². The van der Waals surface area contributed by atoms with E-state index in [-0.39, 0.29) is 5.54 Å². The molecule has 2 unspecified atom stereocenters. The second-order valence-corrected chi connectivity index (χ2v) is 7.34. The molecule has 0 bridgehead atoms. The maximum absolute atomic E-state index is 5.98. The fourth-order valence-electron chi connectivity index (χ4n) is 2.73. The molecule has 0 saturated heterocycles. The van der Waals surface area contributed by atoms with E-state index in [1.54, 1.807) is 0 Å². The quantitative estimate of drug-likeness (QED) is 0.876. The van der Waals surface area contributed by atoms with Gasteiger partial charge in [0.05, 0.1) is 24.9 Å². The Balaban J connectivity index is 1.68. The normalized spacial score (nSPS) is 23.4. The third-order valence-corrected chi connectivity index (χ3v) is 3.95. The predicted molar refractivity (Wildman–Crippen MR) is 84.0 cm³/mol. The molecule has 0 aliphatic heterocycles. The Morgan fingerprint density at radius 2 is 2.19 bits per heavy atom. The molecule has 1 aliphatic carbocycles. The molecule has 1 aliphatic rings. The van der Waals surface area contributed by atoms with Gasteiger partial charge in [-0.15, -0.1) is 5.10 Å². The summed E-state index contributed by atoms with van der Waals surface area (Å²) in [7, 11) is 0. The molecule has 0 amide bonds. The van der Waals surface area contributed by atoms with Gasteiger partial charge < -0.3 is 10.1 Å². The lowest BCUT2D eigenvalue weighted by Crippen LogP contribution is -2.35. The molecule has 1 N–H and O–H groups in total. The first kappa shape index (κ1) is 16.4. The number of nitrogens with zero attached hydrogens (tertiary/aromatic N) is 3. The van der Waals surface area contributed by atoms with Gasteiger partial charge in [0.1, 0.15) is 0 Å². The van der Waals surface area contributed by atoms with Crippen LogP contribution in [-0.4, -0.2) is 33.2 Å². The minimum atomic E-state index is 0.102. The molecule has 2 rings (SSSR count). The highest BCUT2D eigenvalue weighted by Crippen LogP contribution is 2.25. The summed E-state index contributed by atoms with van der Waals surface area (Å²) in [5.41, 5.74) is 1.08. The molecule has 1 saturated carbocycles. The van der Waals surface area contributed by atoms with Crippen LogP contribution in [-0.2, 0) is 17.8 Å². The first-order chi connectivity index (χ1) is 9.92. The zero-order valence-corrected chi connectivity index (χ0v) is 13.9. The standard InChI is InChI=1S/C16H30N4O/c1-13-6-5-7-15(10-13)21-9-8-20-12-14(18-19-20)11-17-16(2,3)4/h12-13,15,17H,5-11H2,1-4H3. The van der Waals surface area contributed by atoms with Crippen LogP contribution in [0, 0.1) is 5.92 Å². The summed E-state index contributed by atoms with van der Waals surface area (Å²) in [6.07, 6.45) is 7.52. The first-order valence-corrected chi connectivity index (χ1v) is 8.18. The Bertz CT molecular complexity index is 424. The Morgan fingerprint density at radius 3 is 2.90 bits per heavy atom. The lowest BCUT2D eigenvalue weighted by atomic mass is 9.89. The molecule has 120 valence electrons. The van der Waals surface area contributed by atoms with E-state index < -0.39 is 0 Å². The van der Waals surface area contributed by atoms with Crippen molar-refractivity contribution in [3.63, 3.8) is 0 Å². The highest BCUT2D eigenvalue weighted by Gasteiger charge is 2.19. The summed E-state index contributed by atoms with van der Waals surface area (Å²) in [6.45, 7) is 11.0. The lowest BCUT2D eigenvalue weighted by Gasteiger charge is -2.26. The van der Waals surface area contributed by atoms with Gasteiger partial charge in [-0.05, 0) is 39.5 Å². The largest absolute Gasteiger partial charge is 0.376 e. The third kappa shape index (κ3) is 6.14. The second-order valence-electron chi connectivity index (χ2n) is 7.34. The van der Waals surface area contributed by atoms with Crippen molar-refractivity contribution in [2.24, 2.45) is 5.92 Å². The Labute approximate surface area is 128 Å². The Morgan fingerprint density at radius 1 is 1.38 bits per heavy atom. The van der Waals surface area contributed by atoms with E-state index in [9.17, 15) is 0 Å². The van der Waals surface area contributed by atoms with Crippen LogP contribution in [0.25, 0.3) is 0 Å². The van der Waals surface area contributed by atoms with Gasteiger partial charge in [-0.25, -0.2) is 4.68 Å². The van der Waals surface area contributed by atoms with Crippen LogP contribution >= 0.6 is 0 Å². The van der Waals surface area contributed by atoms with E-state index in [1.807, 2.05) is 10.9 Å². The fraction of sp³-hybridized carbons (Fsp3) is 0.875. The lowest BCUT2D eigenvalue weighted by molar-refractivity contribution is 0.0105. The van der Waals surface area contributed by atoms with Crippen molar-refractivity contribution < 1.29 is 4.74 Å². The van der Waals surface area contributed by atoms with Crippen LogP contribution in [0.3, 0.4) is 0 Å². The third-order valence-electron chi connectivity index (χ3n) is 3.95. The van der Waals surface area contributed by atoms with Crippen molar-refractivity contribution in [3.8, 4) is 0 Å². The summed E-state index contributed by atoms with van der Waals surface area (Å²) >= 11 is 0. The number of nitrogens with one attached hydrogen (secondary N) is 1. The molecule has 5 nitrogen and oxygen atoms in total. The van der Waals surface area contributed by atoms with Crippen LogP contribution in [0.5, 0.6) is 0 Å². The minimum Gasteiger partial charge on any atom is -0.376 e. The molecule has 1 aromatic rings. The van der Waals surface area contributed by atoms with E-state index in [0.717, 1.165) is 31.3 Å². The highest BCUT2D eigenvalue weighted by molar-refractivity contribution is 4.93. The molecule has 21 heavy (non-hydrogen) atoms. The van der Waals surface area contributed by atoms with Crippen molar-refractivity contribution >= 4 is 0 Å². The molecule has 2 atom stereocenters. The molecule has 1 heterocycles. The topological polar surface area (TPSA) is 52.0 Å². The average Bonchev–Trinajstić information content (AvgIpc) is 2.84. The molecule has 1 aromatic heterocycles. The van der Waals surface area contributed by atoms with Gasteiger partial charge in [0.25, 0.3) is 0 Å². The maximum atomic E-state index is 5.98. The van der Waals surface area contributed by atoms with Crippen molar-refractivity contribution in [1.29, 1.82) is 0 Å². The number of rotatable bonds is 6. The number of hydrogen-bond donors (Lipinski definition) is 1. The average molecular weight is 294 g/mol. The fourth-order valence-corrected chi connectivity index (χ4v) is 2.73. The molecule has 0 spiro atoms. The summed E-state index contributed by atoms with van der Waals surface area (Å²) in [5, 5.41) is 11.8. The molecule has 5 heteroatoms. The SMILES string of the molecule is CC1CCCC(OCCn2cc(CNC(C)(C)C)nn2)C1. The number of aromatic nitrogens is 3. The van der Waals surface area contributed by atoms with Crippen molar-refractivity contribution in [2.75, 3.05) is 6.61 Å². The van der Waals surface area contributed by atoms with Gasteiger partial charge in [-0.1, -0.05) is 25.0 Å². The molecule has 0 radical (unpaired) electrons. The minimum absolute atomic E-state index is 0.102. The van der Waals surface area contributed by atoms with Crippen LogP contribution in [0.4, 0.5) is 0 Å². The maximum Gasteiger partial charge on any atom is 0.0965 e. The van der Waals surface area contributed by atoms with Crippen molar-refractivity contribution in [1.82, 2.24) is 20.3 Å². The van der Waals surface area contributed by atoms with Crippen LogP contribution in [0.1, 0.15) is 59.1 Å². The summed E-state index contributed by atoms with van der Waals surface area (Å²) in [6, 6.07) is 0. The van der Waals surface area contributed by atoms with Gasteiger partial charge in [-0.2, -0.15) is 0 Å². The zero-order chi connectivity index (χ0) is 15.3. The van der Waals surface area contributed by atoms with Gasteiger partial charge in [0, 0.05) is 18.3 Å². The van der Waals surface area contributed by atoms with E-state index in [1.165, 1.54) is 25.7 Å². The summed E-state index contributed by atoms with van der Waals surface area (Å²) in [5.74, 6) is 0.810.